The van der Waals surface area contributed by atoms with Crippen LogP contribution in [0.2, 0.25) is 0 Å². The van der Waals surface area contributed by atoms with Gasteiger partial charge in [-0.25, -0.2) is 9.97 Å². The molecule has 2 rings (SSSR count). The molecule has 76 valence electrons. The van der Waals surface area contributed by atoms with E-state index in [0.29, 0.717) is 6.42 Å². The lowest BCUT2D eigenvalue weighted by Crippen LogP contribution is -2.03. The molecule has 0 saturated carbocycles. The molecule has 0 aliphatic heterocycles. The molecule has 0 fully saturated rings. The number of aliphatic hydroxyl groups is 1. The van der Waals surface area contributed by atoms with Crippen LogP contribution in [0.25, 0.3) is 0 Å². The number of aliphatic hydroxyl groups excluding tert-OH is 1. The van der Waals surface area contributed by atoms with Gasteiger partial charge >= 0.3 is 0 Å². The second-order valence-corrected chi connectivity index (χ2v) is 3.33. The van der Waals surface area contributed by atoms with Crippen molar-refractivity contribution in [3.63, 3.8) is 0 Å². The van der Waals surface area contributed by atoms with Crippen LogP contribution in [0.4, 0.5) is 0 Å². The lowest BCUT2D eigenvalue weighted by molar-refractivity contribution is 0.177. The second kappa shape index (κ2) is 4.66. The molecule has 0 unspecified atom stereocenters. The van der Waals surface area contributed by atoms with Crippen molar-refractivity contribution in [3.8, 4) is 0 Å². The van der Waals surface area contributed by atoms with E-state index in [1.807, 2.05) is 36.4 Å². The minimum absolute atomic E-state index is 0.499. The first-order valence-corrected chi connectivity index (χ1v) is 4.84. The maximum absolute atomic E-state index is 9.91. The fourth-order valence-corrected chi connectivity index (χ4v) is 1.43. The van der Waals surface area contributed by atoms with Gasteiger partial charge in [0.1, 0.15) is 6.33 Å². The van der Waals surface area contributed by atoms with Gasteiger partial charge in [-0.2, -0.15) is 0 Å². The molecule has 1 N–H and O–H groups in total. The van der Waals surface area contributed by atoms with E-state index >= 15 is 0 Å². The topological polar surface area (TPSA) is 46.0 Å². The highest BCUT2D eigenvalue weighted by molar-refractivity contribution is 5.18. The third-order valence-electron chi connectivity index (χ3n) is 2.23. The lowest BCUT2D eigenvalue weighted by atomic mass is 10.1. The van der Waals surface area contributed by atoms with Crippen molar-refractivity contribution in [1.82, 2.24) is 9.97 Å². The summed E-state index contributed by atoms with van der Waals surface area (Å²) < 4.78 is 0. The monoisotopic (exact) mass is 200 g/mol. The van der Waals surface area contributed by atoms with Gasteiger partial charge in [0.2, 0.25) is 0 Å². The summed E-state index contributed by atoms with van der Waals surface area (Å²) in [6.45, 7) is 0. The molecule has 1 atom stereocenters. The van der Waals surface area contributed by atoms with Crippen molar-refractivity contribution in [2.45, 2.75) is 12.5 Å². The smallest absolute Gasteiger partial charge is 0.115 e. The van der Waals surface area contributed by atoms with Crippen LogP contribution >= 0.6 is 0 Å². The summed E-state index contributed by atoms with van der Waals surface area (Å²) in [5.74, 6) is 0. The van der Waals surface area contributed by atoms with Crippen molar-refractivity contribution < 1.29 is 5.11 Å². The predicted molar refractivity (Wildman–Crippen MR) is 57.1 cm³/mol. The number of rotatable bonds is 3. The molecule has 1 heterocycles. The zero-order valence-electron chi connectivity index (χ0n) is 8.24. The normalized spacial score (nSPS) is 12.3. The van der Waals surface area contributed by atoms with Gasteiger partial charge in [0, 0.05) is 18.3 Å². The van der Waals surface area contributed by atoms with E-state index in [-0.39, 0.29) is 0 Å². The van der Waals surface area contributed by atoms with Crippen molar-refractivity contribution in [1.29, 1.82) is 0 Å². The Morgan fingerprint density at radius 1 is 1.13 bits per heavy atom. The summed E-state index contributed by atoms with van der Waals surface area (Å²) in [7, 11) is 0. The zero-order chi connectivity index (χ0) is 10.5. The Bertz CT molecular complexity index is 402. The van der Waals surface area contributed by atoms with Gasteiger partial charge in [-0.15, -0.1) is 0 Å². The Morgan fingerprint density at radius 3 is 2.60 bits per heavy atom. The number of hydrogen-bond donors (Lipinski definition) is 1. The summed E-state index contributed by atoms with van der Waals surface area (Å²) in [6, 6.07) is 11.4. The molecule has 0 amide bonds. The fraction of sp³-hybridized carbons (Fsp3) is 0.167. The molecule has 0 spiro atoms. The highest BCUT2D eigenvalue weighted by atomic mass is 16.3. The molecule has 0 aliphatic carbocycles. The number of aromatic nitrogens is 2. The maximum atomic E-state index is 9.91. The third-order valence-corrected chi connectivity index (χ3v) is 2.23. The van der Waals surface area contributed by atoms with E-state index in [9.17, 15) is 5.11 Å². The Balaban J connectivity index is 2.08. The molecule has 15 heavy (non-hydrogen) atoms. The van der Waals surface area contributed by atoms with E-state index in [1.54, 1.807) is 6.20 Å². The SMILES string of the molecule is O[C@@H](Cc1ccncn1)c1ccccc1. The molecule has 2 aromatic rings. The first-order chi connectivity index (χ1) is 7.36. The molecule has 1 aromatic heterocycles. The van der Waals surface area contributed by atoms with E-state index in [2.05, 4.69) is 9.97 Å². The number of nitrogens with zero attached hydrogens (tertiary/aromatic N) is 2. The van der Waals surface area contributed by atoms with Crippen LogP contribution in [-0.2, 0) is 6.42 Å². The second-order valence-electron chi connectivity index (χ2n) is 3.33. The van der Waals surface area contributed by atoms with Crippen LogP contribution in [0.3, 0.4) is 0 Å². The molecule has 0 bridgehead atoms. The molecule has 1 aromatic carbocycles. The Morgan fingerprint density at radius 2 is 1.93 bits per heavy atom. The fourth-order valence-electron chi connectivity index (χ4n) is 1.43. The quantitative estimate of drug-likeness (QED) is 0.821. The van der Waals surface area contributed by atoms with Crippen molar-refractivity contribution >= 4 is 0 Å². The number of hydrogen-bond acceptors (Lipinski definition) is 3. The molecule has 3 nitrogen and oxygen atoms in total. The van der Waals surface area contributed by atoms with Crippen LogP contribution in [0.15, 0.2) is 48.9 Å². The molecular weight excluding hydrogens is 188 g/mol. The van der Waals surface area contributed by atoms with Crippen LogP contribution in [-0.4, -0.2) is 15.1 Å². The summed E-state index contributed by atoms with van der Waals surface area (Å²) in [4.78, 5) is 7.91. The average molecular weight is 200 g/mol. The van der Waals surface area contributed by atoms with E-state index < -0.39 is 6.10 Å². The van der Waals surface area contributed by atoms with Crippen LogP contribution in [0, 0.1) is 0 Å². The third kappa shape index (κ3) is 2.60. The molecule has 0 aliphatic rings. The minimum Gasteiger partial charge on any atom is -0.388 e. The van der Waals surface area contributed by atoms with Gasteiger partial charge in [0.25, 0.3) is 0 Å². The van der Waals surface area contributed by atoms with Gasteiger partial charge in [-0.3, -0.25) is 0 Å². The van der Waals surface area contributed by atoms with Crippen molar-refractivity contribution in [3.05, 3.63) is 60.2 Å². The molecule has 3 heteroatoms. The van der Waals surface area contributed by atoms with Gasteiger partial charge in [0.05, 0.1) is 6.10 Å². The summed E-state index contributed by atoms with van der Waals surface area (Å²) in [6.07, 6.45) is 3.20. The Hall–Kier alpha value is -1.74. The molecule has 0 saturated heterocycles. The van der Waals surface area contributed by atoms with Gasteiger partial charge < -0.3 is 5.11 Å². The van der Waals surface area contributed by atoms with Crippen LogP contribution in [0.1, 0.15) is 17.4 Å². The van der Waals surface area contributed by atoms with Crippen LogP contribution < -0.4 is 0 Å². The van der Waals surface area contributed by atoms with E-state index in [0.717, 1.165) is 11.3 Å². The standard InChI is InChI=1S/C12H12N2O/c15-12(10-4-2-1-3-5-10)8-11-6-7-13-9-14-11/h1-7,9,12,15H,8H2/t12-/m0/s1. The summed E-state index contributed by atoms with van der Waals surface area (Å²) >= 11 is 0. The Labute approximate surface area is 88.5 Å². The first-order valence-electron chi connectivity index (χ1n) is 4.84. The maximum Gasteiger partial charge on any atom is 0.115 e. The average Bonchev–Trinajstić information content (AvgIpc) is 2.31. The van der Waals surface area contributed by atoms with Crippen molar-refractivity contribution in [2.75, 3.05) is 0 Å². The van der Waals surface area contributed by atoms with Gasteiger partial charge in [0.15, 0.2) is 0 Å². The summed E-state index contributed by atoms with van der Waals surface area (Å²) in [5, 5.41) is 9.91. The van der Waals surface area contributed by atoms with E-state index in [1.165, 1.54) is 6.33 Å². The number of benzene rings is 1. The van der Waals surface area contributed by atoms with Crippen molar-refractivity contribution in [2.24, 2.45) is 0 Å². The largest absolute Gasteiger partial charge is 0.388 e. The van der Waals surface area contributed by atoms with Gasteiger partial charge in [-0.1, -0.05) is 30.3 Å². The first kappa shape index (κ1) is 9.80. The molecule has 0 radical (unpaired) electrons. The zero-order valence-corrected chi connectivity index (χ0v) is 8.24. The predicted octanol–water partition coefficient (Wildman–Crippen LogP) is 1.75. The highest BCUT2D eigenvalue weighted by Crippen LogP contribution is 2.15. The van der Waals surface area contributed by atoms with Gasteiger partial charge in [-0.05, 0) is 11.6 Å². The van der Waals surface area contributed by atoms with E-state index in [4.69, 9.17) is 0 Å². The lowest BCUT2D eigenvalue weighted by Gasteiger charge is -2.09. The Kier molecular flexibility index (Phi) is 3.05. The minimum atomic E-state index is -0.499. The molecular formula is C12H12N2O. The highest BCUT2D eigenvalue weighted by Gasteiger charge is 2.07. The van der Waals surface area contributed by atoms with Crippen LogP contribution in [0.5, 0.6) is 0 Å². The summed E-state index contributed by atoms with van der Waals surface area (Å²) in [5.41, 5.74) is 1.76.